The van der Waals surface area contributed by atoms with E-state index in [-0.39, 0.29) is 36.4 Å². The van der Waals surface area contributed by atoms with E-state index in [0.29, 0.717) is 17.9 Å². The summed E-state index contributed by atoms with van der Waals surface area (Å²) in [6, 6.07) is 21.9. The van der Waals surface area contributed by atoms with Crippen LogP contribution in [-0.4, -0.2) is 48.1 Å². The van der Waals surface area contributed by atoms with Crippen LogP contribution in [0, 0.1) is 12.8 Å². The van der Waals surface area contributed by atoms with Crippen molar-refractivity contribution in [3.8, 4) is 5.75 Å². The standard InChI is InChI=1S/C32H38N4O5/c1-21-9-7-8-12-26(21)34-32(40)35-27-14-13-25(18-30(27)41-3)28(33-22(2)37)17-23-15-16-36(20-23)29(19-31(38)39)24-10-5-4-6-11-24/h4-14,18,23,28-29H,15-17,19-20H2,1-3H3,(H,33,37)(H,38,39)(H2,34,35,40). The number of hydrogen-bond acceptors (Lipinski definition) is 5. The van der Waals surface area contributed by atoms with Gasteiger partial charge in [-0.2, -0.15) is 0 Å². The Hall–Kier alpha value is -4.37. The van der Waals surface area contributed by atoms with E-state index in [0.717, 1.165) is 41.9 Å². The van der Waals surface area contributed by atoms with Gasteiger partial charge in [0.2, 0.25) is 5.91 Å². The van der Waals surface area contributed by atoms with Crippen LogP contribution in [-0.2, 0) is 9.59 Å². The monoisotopic (exact) mass is 558 g/mol. The third kappa shape index (κ3) is 8.08. The van der Waals surface area contributed by atoms with E-state index in [2.05, 4.69) is 20.9 Å². The Balaban J connectivity index is 1.46. The minimum Gasteiger partial charge on any atom is -0.495 e. The maximum absolute atomic E-state index is 12.7. The van der Waals surface area contributed by atoms with Crippen LogP contribution >= 0.6 is 0 Å². The van der Waals surface area contributed by atoms with Gasteiger partial charge in [0.05, 0.1) is 25.3 Å². The highest BCUT2D eigenvalue weighted by atomic mass is 16.5. The maximum Gasteiger partial charge on any atom is 0.323 e. The summed E-state index contributed by atoms with van der Waals surface area (Å²) in [7, 11) is 1.54. The summed E-state index contributed by atoms with van der Waals surface area (Å²) in [5.74, 6) is -0.226. The van der Waals surface area contributed by atoms with E-state index in [1.54, 1.807) is 6.07 Å². The highest BCUT2D eigenvalue weighted by molar-refractivity contribution is 6.01. The van der Waals surface area contributed by atoms with Crippen molar-refractivity contribution < 1.29 is 24.2 Å². The number of aryl methyl sites for hydroxylation is 1. The number of carboxylic acid groups (broad SMARTS) is 1. The predicted molar refractivity (Wildman–Crippen MR) is 159 cm³/mol. The third-order valence-corrected chi connectivity index (χ3v) is 7.53. The summed E-state index contributed by atoms with van der Waals surface area (Å²) in [5.41, 5.74) is 4.04. The number of ether oxygens (including phenoxy) is 1. The molecule has 9 nitrogen and oxygen atoms in total. The number of urea groups is 1. The molecule has 3 aromatic rings. The first kappa shape index (κ1) is 29.6. The zero-order chi connectivity index (χ0) is 29.4. The van der Waals surface area contributed by atoms with E-state index < -0.39 is 5.97 Å². The van der Waals surface area contributed by atoms with Gasteiger partial charge in [-0.15, -0.1) is 0 Å². The lowest BCUT2D eigenvalue weighted by molar-refractivity contribution is -0.138. The van der Waals surface area contributed by atoms with Crippen LogP contribution < -0.4 is 20.7 Å². The van der Waals surface area contributed by atoms with E-state index in [1.807, 2.05) is 73.7 Å². The molecule has 1 heterocycles. The number of aliphatic carboxylic acids is 1. The van der Waals surface area contributed by atoms with E-state index in [9.17, 15) is 19.5 Å². The minimum atomic E-state index is -0.827. The second kappa shape index (κ2) is 13.8. The highest BCUT2D eigenvalue weighted by Gasteiger charge is 2.32. The predicted octanol–water partition coefficient (Wildman–Crippen LogP) is 5.75. The van der Waals surface area contributed by atoms with Crippen molar-refractivity contribution >= 4 is 29.3 Å². The lowest BCUT2D eigenvalue weighted by Crippen LogP contribution is -2.31. The number of anilines is 2. The fourth-order valence-electron chi connectivity index (χ4n) is 5.51. The quantitative estimate of drug-likeness (QED) is 0.238. The number of benzene rings is 3. The van der Waals surface area contributed by atoms with Gasteiger partial charge in [0.15, 0.2) is 0 Å². The van der Waals surface area contributed by atoms with Crippen molar-refractivity contribution in [3.05, 3.63) is 89.5 Å². The first-order chi connectivity index (χ1) is 19.7. The second-order valence-electron chi connectivity index (χ2n) is 10.5. The molecule has 0 saturated carbocycles. The maximum atomic E-state index is 12.7. The molecule has 3 amide bonds. The average Bonchev–Trinajstić information content (AvgIpc) is 3.41. The van der Waals surface area contributed by atoms with Gasteiger partial charge >= 0.3 is 12.0 Å². The summed E-state index contributed by atoms with van der Waals surface area (Å²) in [4.78, 5) is 38.7. The summed E-state index contributed by atoms with van der Waals surface area (Å²) < 4.78 is 5.60. The molecule has 0 aromatic heterocycles. The van der Waals surface area contributed by atoms with Gasteiger partial charge in [0.25, 0.3) is 0 Å². The Morgan fingerprint density at radius 1 is 0.976 bits per heavy atom. The molecule has 3 atom stereocenters. The van der Waals surface area contributed by atoms with Crippen LogP contribution in [0.3, 0.4) is 0 Å². The number of nitrogens with one attached hydrogen (secondary N) is 3. The molecule has 4 N–H and O–H groups in total. The molecule has 3 aromatic carbocycles. The number of methoxy groups -OCH3 is 1. The lowest BCUT2D eigenvalue weighted by Gasteiger charge is -2.28. The van der Waals surface area contributed by atoms with Crippen molar-refractivity contribution in [2.45, 2.75) is 45.2 Å². The smallest absolute Gasteiger partial charge is 0.323 e. The van der Waals surface area contributed by atoms with Crippen LogP contribution in [0.5, 0.6) is 5.75 Å². The number of likely N-dealkylation sites (tertiary alicyclic amines) is 1. The molecule has 1 fully saturated rings. The molecular weight excluding hydrogens is 520 g/mol. The number of hydrogen-bond donors (Lipinski definition) is 4. The van der Waals surface area contributed by atoms with Crippen LogP contribution in [0.1, 0.15) is 55.0 Å². The Kier molecular flexibility index (Phi) is 9.97. The van der Waals surface area contributed by atoms with Crippen LogP contribution in [0.4, 0.5) is 16.2 Å². The molecule has 41 heavy (non-hydrogen) atoms. The molecule has 4 rings (SSSR count). The van der Waals surface area contributed by atoms with E-state index in [4.69, 9.17) is 4.74 Å². The summed E-state index contributed by atoms with van der Waals surface area (Å²) >= 11 is 0. The molecule has 216 valence electrons. The topological polar surface area (TPSA) is 120 Å². The SMILES string of the molecule is COc1cc(C(CC2CCN(C(CC(=O)O)c3ccccc3)C2)NC(C)=O)ccc1NC(=O)Nc1ccccc1C. The number of carboxylic acids is 1. The molecule has 1 saturated heterocycles. The van der Waals surface area contributed by atoms with Gasteiger partial charge in [-0.05, 0) is 67.1 Å². The zero-order valence-electron chi connectivity index (χ0n) is 23.7. The van der Waals surface area contributed by atoms with Crippen molar-refractivity contribution in [2.75, 3.05) is 30.8 Å². The number of amides is 3. The van der Waals surface area contributed by atoms with Crippen molar-refractivity contribution in [1.29, 1.82) is 0 Å². The molecule has 0 radical (unpaired) electrons. The van der Waals surface area contributed by atoms with Gasteiger partial charge in [-0.3, -0.25) is 14.5 Å². The van der Waals surface area contributed by atoms with Crippen LogP contribution in [0.15, 0.2) is 72.8 Å². The summed E-state index contributed by atoms with van der Waals surface area (Å²) in [6.45, 7) is 4.94. The van der Waals surface area contributed by atoms with Crippen molar-refractivity contribution in [3.63, 3.8) is 0 Å². The molecule has 0 bridgehead atoms. The van der Waals surface area contributed by atoms with E-state index in [1.165, 1.54) is 14.0 Å². The number of nitrogens with zero attached hydrogens (tertiary/aromatic N) is 1. The molecule has 0 spiro atoms. The van der Waals surface area contributed by atoms with Crippen molar-refractivity contribution in [2.24, 2.45) is 5.92 Å². The average molecular weight is 559 g/mol. The number of rotatable bonds is 11. The molecule has 1 aliphatic heterocycles. The number of carbonyl (C=O) groups excluding carboxylic acids is 2. The van der Waals surface area contributed by atoms with Crippen LogP contribution in [0.25, 0.3) is 0 Å². The third-order valence-electron chi connectivity index (χ3n) is 7.53. The lowest BCUT2D eigenvalue weighted by atomic mass is 9.93. The Morgan fingerprint density at radius 3 is 2.37 bits per heavy atom. The Morgan fingerprint density at radius 2 is 1.68 bits per heavy atom. The Bertz CT molecular complexity index is 1360. The molecular formula is C32H38N4O5. The van der Waals surface area contributed by atoms with Gasteiger partial charge < -0.3 is 25.8 Å². The fourth-order valence-corrected chi connectivity index (χ4v) is 5.51. The largest absolute Gasteiger partial charge is 0.495 e. The second-order valence-corrected chi connectivity index (χ2v) is 10.5. The summed E-state index contributed by atoms with van der Waals surface area (Å²) in [6.07, 6.45) is 1.62. The zero-order valence-corrected chi connectivity index (χ0v) is 23.7. The number of para-hydroxylation sites is 1. The first-order valence-corrected chi connectivity index (χ1v) is 13.8. The molecule has 3 unspecified atom stereocenters. The molecule has 0 aliphatic carbocycles. The van der Waals surface area contributed by atoms with Gasteiger partial charge in [-0.25, -0.2) is 4.79 Å². The Labute approximate surface area is 240 Å². The van der Waals surface area contributed by atoms with Gasteiger partial charge in [0.1, 0.15) is 5.75 Å². The molecule has 1 aliphatic rings. The van der Waals surface area contributed by atoms with Gasteiger partial charge in [-0.1, -0.05) is 54.6 Å². The van der Waals surface area contributed by atoms with Crippen molar-refractivity contribution in [1.82, 2.24) is 10.2 Å². The minimum absolute atomic E-state index is 0.0366. The van der Waals surface area contributed by atoms with Gasteiger partial charge in [0, 0.05) is 25.2 Å². The van der Waals surface area contributed by atoms with E-state index >= 15 is 0 Å². The number of carbonyl (C=O) groups is 3. The summed E-state index contributed by atoms with van der Waals surface area (Å²) in [5, 5.41) is 18.3. The normalized spacial score (nSPS) is 16.4. The fraction of sp³-hybridized carbons (Fsp3) is 0.344. The molecule has 9 heteroatoms. The highest BCUT2D eigenvalue weighted by Crippen LogP contribution is 2.36. The first-order valence-electron chi connectivity index (χ1n) is 13.8. The van der Waals surface area contributed by atoms with Crippen LogP contribution in [0.2, 0.25) is 0 Å².